The summed E-state index contributed by atoms with van der Waals surface area (Å²) in [6.07, 6.45) is 0. The van der Waals surface area contributed by atoms with E-state index in [4.69, 9.17) is 5.73 Å². The first-order valence-corrected chi connectivity index (χ1v) is 6.34. The molecule has 0 amide bonds. The molecule has 2 aromatic rings. The summed E-state index contributed by atoms with van der Waals surface area (Å²) < 4.78 is 13.3. The number of nitrogens with two attached hydrogens (primary N) is 1. The van der Waals surface area contributed by atoms with E-state index < -0.39 is 0 Å². The number of anilines is 2. The minimum Gasteiger partial charge on any atom is -0.395 e. The van der Waals surface area contributed by atoms with Crippen molar-refractivity contribution in [2.45, 2.75) is 27.3 Å². The summed E-state index contributed by atoms with van der Waals surface area (Å²) in [5.41, 5.74) is 11.6. The number of halogens is 1. The van der Waals surface area contributed by atoms with Gasteiger partial charge in [-0.05, 0) is 55.2 Å². The molecule has 3 N–H and O–H groups in total. The van der Waals surface area contributed by atoms with Gasteiger partial charge in [-0.1, -0.05) is 18.2 Å². The number of rotatable bonds is 3. The van der Waals surface area contributed by atoms with Gasteiger partial charge in [0, 0.05) is 6.54 Å². The summed E-state index contributed by atoms with van der Waals surface area (Å²) >= 11 is 0. The fraction of sp³-hybridized carbons (Fsp3) is 0.250. The van der Waals surface area contributed by atoms with Crippen LogP contribution in [0.1, 0.15) is 22.3 Å². The highest BCUT2D eigenvalue weighted by atomic mass is 19.1. The van der Waals surface area contributed by atoms with Crippen molar-refractivity contribution in [2.75, 3.05) is 11.1 Å². The van der Waals surface area contributed by atoms with E-state index in [1.165, 1.54) is 28.3 Å². The first kappa shape index (κ1) is 13.4. The molecule has 2 nitrogen and oxygen atoms in total. The Hall–Kier alpha value is -2.03. The molecule has 0 bridgehead atoms. The third kappa shape index (κ3) is 2.70. The molecule has 2 rings (SSSR count). The molecule has 0 radical (unpaired) electrons. The molecule has 3 heteroatoms. The maximum atomic E-state index is 13.3. The molecule has 0 unspecified atom stereocenters. The van der Waals surface area contributed by atoms with E-state index in [2.05, 4.69) is 38.2 Å². The van der Waals surface area contributed by atoms with Crippen molar-refractivity contribution in [2.24, 2.45) is 0 Å². The van der Waals surface area contributed by atoms with Crippen LogP contribution in [0.15, 0.2) is 30.3 Å². The average Bonchev–Trinajstić information content (AvgIpc) is 2.40. The fourth-order valence-corrected chi connectivity index (χ4v) is 2.09. The van der Waals surface area contributed by atoms with Crippen molar-refractivity contribution < 1.29 is 4.39 Å². The van der Waals surface area contributed by atoms with Gasteiger partial charge in [-0.25, -0.2) is 4.39 Å². The van der Waals surface area contributed by atoms with Gasteiger partial charge in [-0.15, -0.1) is 0 Å². The minimum atomic E-state index is -0.387. The summed E-state index contributed by atoms with van der Waals surface area (Å²) in [4.78, 5) is 0. The second-order valence-electron chi connectivity index (χ2n) is 4.85. The predicted octanol–water partition coefficient (Wildman–Crippen LogP) is 3.95. The lowest BCUT2D eigenvalue weighted by molar-refractivity contribution is 0.633. The van der Waals surface area contributed by atoms with Crippen molar-refractivity contribution in [3.8, 4) is 0 Å². The molecule has 0 heterocycles. The molecule has 0 spiro atoms. The van der Waals surface area contributed by atoms with E-state index in [-0.39, 0.29) is 11.5 Å². The summed E-state index contributed by atoms with van der Waals surface area (Å²) in [5.74, 6) is -0.387. The molecule has 0 saturated carbocycles. The Kier molecular flexibility index (Phi) is 3.74. The van der Waals surface area contributed by atoms with E-state index in [0.717, 1.165) is 0 Å². The molecule has 0 fully saturated rings. The molecule has 0 saturated heterocycles. The predicted molar refractivity (Wildman–Crippen MR) is 78.8 cm³/mol. The van der Waals surface area contributed by atoms with Crippen molar-refractivity contribution >= 4 is 11.4 Å². The number of benzene rings is 2. The quantitative estimate of drug-likeness (QED) is 0.818. The molecular weight excluding hydrogens is 239 g/mol. The van der Waals surface area contributed by atoms with E-state index in [9.17, 15) is 4.39 Å². The van der Waals surface area contributed by atoms with Gasteiger partial charge in [0.25, 0.3) is 0 Å². The van der Waals surface area contributed by atoms with Crippen LogP contribution in [0.4, 0.5) is 15.8 Å². The van der Waals surface area contributed by atoms with Gasteiger partial charge in [0.05, 0.1) is 11.4 Å². The van der Waals surface area contributed by atoms with Crippen molar-refractivity contribution in [3.63, 3.8) is 0 Å². The topological polar surface area (TPSA) is 38.0 Å². The Morgan fingerprint density at radius 1 is 1.05 bits per heavy atom. The summed E-state index contributed by atoms with van der Waals surface area (Å²) in [6.45, 7) is 6.96. The molecule has 0 aromatic heterocycles. The number of para-hydroxylation sites is 1. The highest BCUT2D eigenvalue weighted by Crippen LogP contribution is 2.23. The molecule has 0 aliphatic heterocycles. The lowest BCUT2D eigenvalue weighted by Gasteiger charge is -2.14. The van der Waals surface area contributed by atoms with Crippen LogP contribution >= 0.6 is 0 Å². The lowest BCUT2D eigenvalue weighted by Crippen LogP contribution is -2.06. The fourth-order valence-electron chi connectivity index (χ4n) is 2.09. The largest absolute Gasteiger partial charge is 0.395 e. The summed E-state index contributed by atoms with van der Waals surface area (Å²) in [5, 5.41) is 3.19. The van der Waals surface area contributed by atoms with Crippen LogP contribution in [0, 0.1) is 26.6 Å². The third-order valence-electron chi connectivity index (χ3n) is 3.69. The third-order valence-corrected chi connectivity index (χ3v) is 3.69. The van der Waals surface area contributed by atoms with Crippen LogP contribution in [-0.2, 0) is 6.54 Å². The van der Waals surface area contributed by atoms with E-state index in [0.29, 0.717) is 12.2 Å². The van der Waals surface area contributed by atoms with Crippen molar-refractivity contribution in [1.29, 1.82) is 0 Å². The van der Waals surface area contributed by atoms with Gasteiger partial charge in [0.1, 0.15) is 5.82 Å². The molecular formula is C16H19FN2. The maximum absolute atomic E-state index is 13.3. The average molecular weight is 258 g/mol. The summed E-state index contributed by atoms with van der Waals surface area (Å²) in [6, 6.07) is 9.01. The maximum Gasteiger partial charge on any atom is 0.148 e. The molecule has 0 atom stereocenters. The molecule has 100 valence electrons. The second-order valence-corrected chi connectivity index (χ2v) is 4.85. The van der Waals surface area contributed by atoms with Gasteiger partial charge in [0.15, 0.2) is 0 Å². The highest BCUT2D eigenvalue weighted by molar-refractivity contribution is 5.66. The van der Waals surface area contributed by atoms with Crippen LogP contribution in [0.5, 0.6) is 0 Å². The first-order valence-electron chi connectivity index (χ1n) is 6.34. The van der Waals surface area contributed by atoms with E-state index in [1.54, 1.807) is 12.1 Å². The van der Waals surface area contributed by atoms with Crippen molar-refractivity contribution in [3.05, 3.63) is 58.4 Å². The summed E-state index contributed by atoms with van der Waals surface area (Å²) in [7, 11) is 0. The van der Waals surface area contributed by atoms with Crippen LogP contribution in [0.2, 0.25) is 0 Å². The van der Waals surface area contributed by atoms with Gasteiger partial charge in [-0.3, -0.25) is 0 Å². The number of hydrogen-bond acceptors (Lipinski definition) is 2. The SMILES string of the molecule is Cc1ccc(CNc2cccc(F)c2N)c(C)c1C. The van der Waals surface area contributed by atoms with Gasteiger partial charge >= 0.3 is 0 Å². The van der Waals surface area contributed by atoms with Crippen LogP contribution in [-0.4, -0.2) is 0 Å². The Bertz CT molecular complexity index is 606. The lowest BCUT2D eigenvalue weighted by atomic mass is 9.99. The normalized spacial score (nSPS) is 10.5. The smallest absolute Gasteiger partial charge is 0.148 e. The number of aryl methyl sites for hydroxylation is 1. The number of nitrogens with one attached hydrogen (secondary N) is 1. The van der Waals surface area contributed by atoms with Crippen LogP contribution in [0.25, 0.3) is 0 Å². The first-order chi connectivity index (χ1) is 9.00. The monoisotopic (exact) mass is 258 g/mol. The zero-order valence-electron chi connectivity index (χ0n) is 11.5. The minimum absolute atomic E-state index is 0.170. The van der Waals surface area contributed by atoms with Crippen LogP contribution < -0.4 is 11.1 Å². The standard InChI is InChI=1S/C16H19FN2/c1-10-7-8-13(12(3)11(10)2)9-19-15-6-4-5-14(17)16(15)18/h4-8,19H,9,18H2,1-3H3. The Labute approximate surface area is 113 Å². The van der Waals surface area contributed by atoms with Crippen molar-refractivity contribution in [1.82, 2.24) is 0 Å². The number of hydrogen-bond donors (Lipinski definition) is 2. The molecule has 0 aliphatic carbocycles. The molecule has 19 heavy (non-hydrogen) atoms. The zero-order valence-corrected chi connectivity index (χ0v) is 11.5. The highest BCUT2D eigenvalue weighted by Gasteiger charge is 2.06. The molecule has 0 aliphatic rings. The van der Waals surface area contributed by atoms with Crippen LogP contribution in [0.3, 0.4) is 0 Å². The van der Waals surface area contributed by atoms with E-state index in [1.807, 2.05) is 0 Å². The Balaban J connectivity index is 2.20. The second kappa shape index (κ2) is 5.31. The Morgan fingerprint density at radius 2 is 1.79 bits per heavy atom. The zero-order chi connectivity index (χ0) is 14.0. The molecule has 2 aromatic carbocycles. The van der Waals surface area contributed by atoms with Gasteiger partial charge in [-0.2, -0.15) is 0 Å². The van der Waals surface area contributed by atoms with Gasteiger partial charge < -0.3 is 11.1 Å². The van der Waals surface area contributed by atoms with E-state index >= 15 is 0 Å². The number of nitrogen functional groups attached to an aromatic ring is 1. The Morgan fingerprint density at radius 3 is 2.53 bits per heavy atom. The van der Waals surface area contributed by atoms with Gasteiger partial charge in [0.2, 0.25) is 0 Å².